The van der Waals surface area contributed by atoms with E-state index in [0.29, 0.717) is 33.9 Å². The molecule has 212 valence electrons. The maximum atomic E-state index is 15.2. The minimum Gasteiger partial charge on any atom is -0.251 e. The van der Waals surface area contributed by atoms with Crippen LogP contribution in [0.25, 0.3) is 22.5 Å². The van der Waals surface area contributed by atoms with Crippen LogP contribution in [0.4, 0.5) is 17.6 Å². The Hall–Kier alpha value is -5.10. The lowest BCUT2D eigenvalue weighted by Crippen LogP contribution is -2.33. The SMILES string of the molecule is Cc1cc(F)cc(F)c1-c1cccc(C(c2ccccc2)(c2ccccc2)c2cccc(-c3c(C)cc(F)cc3F)n2)n1. The first-order valence-corrected chi connectivity index (χ1v) is 13.8. The summed E-state index contributed by atoms with van der Waals surface area (Å²) in [5.41, 5.74) is 3.46. The highest BCUT2D eigenvalue weighted by Gasteiger charge is 2.41. The summed E-state index contributed by atoms with van der Waals surface area (Å²) in [5.74, 6) is -2.76. The van der Waals surface area contributed by atoms with Gasteiger partial charge < -0.3 is 0 Å². The molecule has 0 aliphatic carbocycles. The second-order valence-electron chi connectivity index (χ2n) is 10.5. The molecule has 6 aromatic rings. The Morgan fingerprint density at radius 2 is 0.860 bits per heavy atom. The summed E-state index contributed by atoms with van der Waals surface area (Å²) in [7, 11) is 0. The Bertz CT molecular complexity index is 1750. The Kier molecular flexibility index (Phi) is 7.36. The molecule has 0 N–H and O–H groups in total. The van der Waals surface area contributed by atoms with Crippen molar-refractivity contribution in [3.05, 3.63) is 178 Å². The van der Waals surface area contributed by atoms with Crippen molar-refractivity contribution in [1.29, 1.82) is 0 Å². The van der Waals surface area contributed by atoms with Crippen molar-refractivity contribution < 1.29 is 17.6 Å². The third-order valence-electron chi connectivity index (χ3n) is 7.70. The zero-order valence-electron chi connectivity index (χ0n) is 23.5. The van der Waals surface area contributed by atoms with Crippen LogP contribution >= 0.6 is 0 Å². The lowest BCUT2D eigenvalue weighted by Gasteiger charge is -2.35. The van der Waals surface area contributed by atoms with Crippen molar-refractivity contribution in [3.63, 3.8) is 0 Å². The van der Waals surface area contributed by atoms with E-state index in [-0.39, 0.29) is 11.1 Å². The van der Waals surface area contributed by atoms with Crippen molar-refractivity contribution >= 4 is 0 Å². The van der Waals surface area contributed by atoms with Crippen LogP contribution in [0.15, 0.2) is 121 Å². The number of aryl methyl sites for hydroxylation is 2. The third-order valence-corrected chi connectivity index (χ3v) is 7.70. The fourth-order valence-electron chi connectivity index (χ4n) is 5.88. The minimum atomic E-state index is -1.14. The van der Waals surface area contributed by atoms with Gasteiger partial charge in [-0.25, -0.2) is 17.6 Å². The summed E-state index contributed by atoms with van der Waals surface area (Å²) in [4.78, 5) is 10.0. The van der Waals surface area contributed by atoms with Gasteiger partial charge in [-0.15, -0.1) is 0 Å². The van der Waals surface area contributed by atoms with E-state index >= 15 is 8.78 Å². The van der Waals surface area contributed by atoms with Crippen LogP contribution in [-0.4, -0.2) is 9.97 Å². The van der Waals surface area contributed by atoms with Gasteiger partial charge in [0.25, 0.3) is 0 Å². The number of halogens is 4. The number of hydrogen-bond donors (Lipinski definition) is 0. The fourth-order valence-corrected chi connectivity index (χ4v) is 5.88. The summed E-state index contributed by atoms with van der Waals surface area (Å²) < 4.78 is 58.4. The average molecular weight is 575 g/mol. The second-order valence-corrected chi connectivity index (χ2v) is 10.5. The van der Waals surface area contributed by atoms with E-state index in [1.165, 1.54) is 12.1 Å². The molecule has 0 unspecified atom stereocenters. The molecule has 6 rings (SSSR count). The van der Waals surface area contributed by atoms with Crippen LogP contribution in [0, 0.1) is 37.1 Å². The standard InChI is InChI=1S/C37H26F4N2/c1-23-19-27(38)21-29(40)35(23)31-15-9-17-33(42-31)37(25-11-5-3-6-12-25,26-13-7-4-8-14-26)34-18-10-16-32(43-34)36-24(2)20-28(39)22-30(36)41/h3-22H,1-2H3. The predicted molar refractivity (Wildman–Crippen MR) is 161 cm³/mol. The molecule has 0 saturated carbocycles. The summed E-state index contributed by atoms with van der Waals surface area (Å²) >= 11 is 0. The van der Waals surface area contributed by atoms with E-state index in [0.717, 1.165) is 23.3 Å². The van der Waals surface area contributed by atoms with Crippen LogP contribution < -0.4 is 0 Å². The largest absolute Gasteiger partial charge is 0.251 e. The van der Waals surface area contributed by atoms with Gasteiger partial charge in [-0.2, -0.15) is 0 Å². The molecule has 2 aromatic heterocycles. The first kappa shape index (κ1) is 28.0. The average Bonchev–Trinajstić information content (AvgIpc) is 2.98. The van der Waals surface area contributed by atoms with Gasteiger partial charge in [-0.3, -0.25) is 9.97 Å². The van der Waals surface area contributed by atoms with Crippen LogP contribution in [0.1, 0.15) is 33.6 Å². The van der Waals surface area contributed by atoms with Crippen molar-refractivity contribution in [2.24, 2.45) is 0 Å². The number of hydrogen-bond acceptors (Lipinski definition) is 2. The molecule has 0 spiro atoms. The number of rotatable bonds is 6. The first-order chi connectivity index (χ1) is 20.8. The van der Waals surface area contributed by atoms with Gasteiger partial charge in [0, 0.05) is 23.3 Å². The van der Waals surface area contributed by atoms with E-state index in [1.54, 1.807) is 38.1 Å². The van der Waals surface area contributed by atoms with Crippen LogP contribution in [-0.2, 0) is 5.41 Å². The van der Waals surface area contributed by atoms with Gasteiger partial charge in [-0.05, 0) is 72.5 Å². The second kappa shape index (κ2) is 11.3. The predicted octanol–water partition coefficient (Wildman–Crippen LogP) is 9.37. The van der Waals surface area contributed by atoms with E-state index in [1.807, 2.05) is 72.8 Å². The molecule has 0 radical (unpaired) electrons. The molecule has 4 aromatic carbocycles. The smallest absolute Gasteiger partial charge is 0.135 e. The quantitative estimate of drug-likeness (QED) is 0.185. The zero-order valence-corrected chi connectivity index (χ0v) is 23.5. The van der Waals surface area contributed by atoms with Crippen LogP contribution in [0.3, 0.4) is 0 Å². The van der Waals surface area contributed by atoms with Crippen molar-refractivity contribution in [2.45, 2.75) is 19.3 Å². The molecule has 2 heterocycles. The van der Waals surface area contributed by atoms with Gasteiger partial charge in [0.15, 0.2) is 0 Å². The molecule has 0 aliphatic heterocycles. The van der Waals surface area contributed by atoms with Crippen LogP contribution in [0.2, 0.25) is 0 Å². The summed E-state index contributed by atoms with van der Waals surface area (Å²) in [6.07, 6.45) is 0. The molecule has 0 bridgehead atoms. The maximum absolute atomic E-state index is 15.2. The van der Waals surface area contributed by atoms with Crippen molar-refractivity contribution in [3.8, 4) is 22.5 Å². The fraction of sp³-hybridized carbons (Fsp3) is 0.0811. The first-order valence-electron chi connectivity index (χ1n) is 13.8. The number of aromatic nitrogens is 2. The molecule has 0 saturated heterocycles. The molecule has 0 aliphatic rings. The molecular formula is C37H26F4N2. The number of benzene rings is 4. The topological polar surface area (TPSA) is 25.8 Å². The maximum Gasteiger partial charge on any atom is 0.135 e. The number of pyridine rings is 2. The molecular weight excluding hydrogens is 548 g/mol. The van der Waals surface area contributed by atoms with E-state index in [9.17, 15) is 8.78 Å². The Morgan fingerprint density at radius 3 is 1.23 bits per heavy atom. The normalized spacial score (nSPS) is 11.5. The summed E-state index contributed by atoms with van der Waals surface area (Å²) in [6, 6.07) is 34.2. The highest BCUT2D eigenvalue weighted by atomic mass is 19.1. The molecule has 6 heteroatoms. The molecule has 2 nitrogen and oxygen atoms in total. The molecule has 0 atom stereocenters. The lowest BCUT2D eigenvalue weighted by molar-refractivity contribution is 0.582. The van der Waals surface area contributed by atoms with Crippen molar-refractivity contribution in [2.75, 3.05) is 0 Å². The van der Waals surface area contributed by atoms with E-state index in [2.05, 4.69) is 0 Å². The van der Waals surface area contributed by atoms with Gasteiger partial charge in [-0.1, -0.05) is 72.8 Å². The van der Waals surface area contributed by atoms with Gasteiger partial charge in [0.2, 0.25) is 0 Å². The highest BCUT2D eigenvalue weighted by molar-refractivity contribution is 5.68. The number of nitrogens with zero attached hydrogens (tertiary/aromatic N) is 2. The Balaban J connectivity index is 1.69. The molecule has 0 amide bonds. The zero-order chi connectivity index (χ0) is 30.1. The Morgan fingerprint density at radius 1 is 0.465 bits per heavy atom. The monoisotopic (exact) mass is 574 g/mol. The van der Waals surface area contributed by atoms with E-state index < -0.39 is 28.7 Å². The van der Waals surface area contributed by atoms with Gasteiger partial charge >= 0.3 is 0 Å². The highest BCUT2D eigenvalue weighted by Crippen LogP contribution is 2.45. The van der Waals surface area contributed by atoms with Crippen molar-refractivity contribution in [1.82, 2.24) is 9.97 Å². The lowest BCUT2D eigenvalue weighted by atomic mass is 9.69. The van der Waals surface area contributed by atoms with Crippen LogP contribution in [0.5, 0.6) is 0 Å². The van der Waals surface area contributed by atoms with Gasteiger partial charge in [0.05, 0.1) is 22.8 Å². The third kappa shape index (κ3) is 4.99. The molecule has 43 heavy (non-hydrogen) atoms. The van der Waals surface area contributed by atoms with Gasteiger partial charge in [0.1, 0.15) is 28.7 Å². The van der Waals surface area contributed by atoms with E-state index in [4.69, 9.17) is 9.97 Å². The summed E-state index contributed by atoms with van der Waals surface area (Å²) in [5, 5.41) is 0. The summed E-state index contributed by atoms with van der Waals surface area (Å²) in [6.45, 7) is 3.28. The Labute approximate surface area is 247 Å². The minimum absolute atomic E-state index is 0.198. The molecule has 0 fully saturated rings.